The minimum atomic E-state index is 0.173. The summed E-state index contributed by atoms with van der Waals surface area (Å²) in [7, 11) is 0. The zero-order valence-corrected chi connectivity index (χ0v) is 19.8. The molecule has 1 aliphatic heterocycles. The Hall–Kier alpha value is -2.70. The summed E-state index contributed by atoms with van der Waals surface area (Å²) in [6.45, 7) is 6.64. The van der Waals surface area contributed by atoms with Gasteiger partial charge < -0.3 is 9.80 Å². The maximum atomic E-state index is 12.9. The van der Waals surface area contributed by atoms with Crippen molar-refractivity contribution in [1.29, 1.82) is 0 Å². The SMILES string of the molecule is Cc1ccc2nc(N3CCN(C(=O)C4CCC4)C(C)C3)n3c(C4CCCCC4)nnc3c2c1. The van der Waals surface area contributed by atoms with Gasteiger partial charge in [-0.2, -0.15) is 0 Å². The number of hydrogen-bond donors (Lipinski definition) is 0. The van der Waals surface area contributed by atoms with Crippen molar-refractivity contribution in [2.24, 2.45) is 5.92 Å². The van der Waals surface area contributed by atoms with Crippen molar-refractivity contribution >= 4 is 28.4 Å². The van der Waals surface area contributed by atoms with Crippen LogP contribution in [0.15, 0.2) is 18.2 Å². The smallest absolute Gasteiger partial charge is 0.226 e. The first kappa shape index (κ1) is 20.9. The van der Waals surface area contributed by atoms with Crippen molar-refractivity contribution in [3.05, 3.63) is 29.6 Å². The van der Waals surface area contributed by atoms with Crippen molar-refractivity contribution in [1.82, 2.24) is 24.5 Å². The van der Waals surface area contributed by atoms with Gasteiger partial charge in [-0.25, -0.2) is 9.38 Å². The molecule has 33 heavy (non-hydrogen) atoms. The molecule has 1 atom stereocenters. The van der Waals surface area contributed by atoms with E-state index in [4.69, 9.17) is 15.2 Å². The number of carbonyl (C=O) groups is 1. The molecule has 2 aromatic heterocycles. The van der Waals surface area contributed by atoms with Gasteiger partial charge in [-0.3, -0.25) is 4.79 Å². The fourth-order valence-corrected chi connectivity index (χ4v) is 5.95. The van der Waals surface area contributed by atoms with Gasteiger partial charge in [-0.05, 0) is 51.7 Å². The lowest BCUT2D eigenvalue weighted by atomic mass is 9.84. The monoisotopic (exact) mass is 446 g/mol. The highest BCUT2D eigenvalue weighted by atomic mass is 16.2. The van der Waals surface area contributed by atoms with E-state index < -0.39 is 0 Å². The maximum Gasteiger partial charge on any atom is 0.226 e. The van der Waals surface area contributed by atoms with Crippen LogP contribution in [0.3, 0.4) is 0 Å². The van der Waals surface area contributed by atoms with Gasteiger partial charge in [-0.1, -0.05) is 37.3 Å². The number of nitrogens with zero attached hydrogens (tertiary/aromatic N) is 6. The first-order chi connectivity index (χ1) is 16.1. The minimum Gasteiger partial charge on any atom is -0.338 e. The number of piperazine rings is 1. The number of fused-ring (bicyclic) bond motifs is 3. The second-order valence-corrected chi connectivity index (χ2v) is 10.4. The predicted molar refractivity (Wildman–Crippen MR) is 130 cm³/mol. The number of amides is 1. The van der Waals surface area contributed by atoms with Crippen LogP contribution >= 0.6 is 0 Å². The highest BCUT2D eigenvalue weighted by molar-refractivity contribution is 5.93. The van der Waals surface area contributed by atoms with Crippen LogP contribution in [0.5, 0.6) is 0 Å². The first-order valence-corrected chi connectivity index (χ1v) is 12.8. The Labute approximate surface area is 195 Å². The lowest BCUT2D eigenvalue weighted by molar-refractivity contribution is -0.140. The zero-order chi connectivity index (χ0) is 22.5. The van der Waals surface area contributed by atoms with Crippen LogP contribution < -0.4 is 4.90 Å². The molecule has 7 heteroatoms. The second-order valence-electron chi connectivity index (χ2n) is 10.4. The number of carbonyl (C=O) groups excluding carboxylic acids is 1. The summed E-state index contributed by atoms with van der Waals surface area (Å²) in [5.41, 5.74) is 3.09. The van der Waals surface area contributed by atoms with Crippen molar-refractivity contribution in [3.8, 4) is 0 Å². The molecule has 1 aromatic carbocycles. The number of aryl methyl sites for hydroxylation is 1. The van der Waals surface area contributed by atoms with Gasteiger partial charge in [-0.15, -0.1) is 10.2 Å². The number of anilines is 1. The van der Waals surface area contributed by atoms with E-state index in [1.54, 1.807) is 0 Å². The molecule has 3 heterocycles. The molecule has 2 aliphatic carbocycles. The van der Waals surface area contributed by atoms with Crippen molar-refractivity contribution in [2.45, 2.75) is 77.2 Å². The topological polar surface area (TPSA) is 66.6 Å². The summed E-state index contributed by atoms with van der Waals surface area (Å²) in [5, 5.41) is 10.5. The Bertz CT molecular complexity index is 1190. The normalized spacial score (nSPS) is 22.8. The Kier molecular flexibility index (Phi) is 5.23. The van der Waals surface area contributed by atoms with E-state index in [-0.39, 0.29) is 12.0 Å². The molecule has 3 aliphatic rings. The standard InChI is InChI=1S/C26H34N6O/c1-17-11-12-22-21(15-17)24-29-28-23(19-7-4-3-5-8-19)32(24)26(27-22)30-13-14-31(18(2)16-30)25(33)20-9-6-10-20/h11-12,15,18-20H,3-10,13-14,16H2,1-2H3. The van der Waals surface area contributed by atoms with Crippen LogP contribution in [0.4, 0.5) is 5.95 Å². The van der Waals surface area contributed by atoms with Crippen molar-refractivity contribution < 1.29 is 4.79 Å². The van der Waals surface area contributed by atoms with Crippen LogP contribution in [-0.4, -0.2) is 56.1 Å². The third kappa shape index (κ3) is 3.56. The highest BCUT2D eigenvalue weighted by Gasteiger charge is 2.36. The van der Waals surface area contributed by atoms with Gasteiger partial charge >= 0.3 is 0 Å². The summed E-state index contributed by atoms with van der Waals surface area (Å²) < 4.78 is 2.24. The molecule has 0 bridgehead atoms. The molecular weight excluding hydrogens is 412 g/mol. The second kappa shape index (κ2) is 8.26. The summed E-state index contributed by atoms with van der Waals surface area (Å²) in [4.78, 5) is 22.6. The summed E-state index contributed by atoms with van der Waals surface area (Å²) in [6, 6.07) is 6.57. The fourth-order valence-electron chi connectivity index (χ4n) is 5.95. The average molecular weight is 447 g/mol. The van der Waals surface area contributed by atoms with E-state index in [0.717, 1.165) is 60.8 Å². The molecular formula is C26H34N6O. The lowest BCUT2D eigenvalue weighted by Gasteiger charge is -2.43. The Morgan fingerprint density at radius 2 is 1.82 bits per heavy atom. The lowest BCUT2D eigenvalue weighted by Crippen LogP contribution is -2.56. The van der Waals surface area contributed by atoms with Crippen LogP contribution in [0.25, 0.3) is 16.6 Å². The van der Waals surface area contributed by atoms with E-state index in [1.165, 1.54) is 44.1 Å². The molecule has 174 valence electrons. The summed E-state index contributed by atoms with van der Waals surface area (Å²) >= 11 is 0. The molecule has 2 saturated carbocycles. The molecule has 6 rings (SSSR count). The van der Waals surface area contributed by atoms with E-state index >= 15 is 0 Å². The molecule has 7 nitrogen and oxygen atoms in total. The molecule has 3 aromatic rings. The largest absolute Gasteiger partial charge is 0.338 e. The van der Waals surface area contributed by atoms with Gasteiger partial charge in [0.2, 0.25) is 11.9 Å². The summed E-state index contributed by atoms with van der Waals surface area (Å²) in [6.07, 6.45) is 9.49. The minimum absolute atomic E-state index is 0.173. The Morgan fingerprint density at radius 1 is 1.00 bits per heavy atom. The van der Waals surface area contributed by atoms with E-state index in [2.05, 4.69) is 46.2 Å². The van der Waals surface area contributed by atoms with Crippen LogP contribution in [0.2, 0.25) is 0 Å². The van der Waals surface area contributed by atoms with E-state index in [9.17, 15) is 4.79 Å². The fraction of sp³-hybridized carbons (Fsp3) is 0.615. The molecule has 0 spiro atoms. The van der Waals surface area contributed by atoms with Gasteiger partial charge in [0.25, 0.3) is 0 Å². The number of rotatable bonds is 3. The molecule has 1 unspecified atom stereocenters. The Balaban J connectivity index is 1.41. The number of aromatic nitrogens is 4. The van der Waals surface area contributed by atoms with E-state index in [0.29, 0.717) is 11.8 Å². The molecule has 0 radical (unpaired) electrons. The van der Waals surface area contributed by atoms with E-state index in [1.807, 2.05) is 0 Å². The van der Waals surface area contributed by atoms with Crippen molar-refractivity contribution in [2.75, 3.05) is 24.5 Å². The summed E-state index contributed by atoms with van der Waals surface area (Å²) in [5.74, 6) is 3.05. The third-order valence-corrected chi connectivity index (χ3v) is 8.12. The van der Waals surface area contributed by atoms with Crippen LogP contribution in [-0.2, 0) is 4.79 Å². The molecule has 0 N–H and O–H groups in total. The van der Waals surface area contributed by atoms with Crippen LogP contribution in [0.1, 0.15) is 75.6 Å². The maximum absolute atomic E-state index is 12.9. The van der Waals surface area contributed by atoms with Crippen molar-refractivity contribution in [3.63, 3.8) is 0 Å². The Morgan fingerprint density at radius 3 is 2.55 bits per heavy atom. The predicted octanol–water partition coefficient (Wildman–Crippen LogP) is 4.47. The third-order valence-electron chi connectivity index (χ3n) is 8.12. The van der Waals surface area contributed by atoms with Gasteiger partial charge in [0.1, 0.15) is 5.82 Å². The number of hydrogen-bond acceptors (Lipinski definition) is 5. The average Bonchev–Trinajstić information content (AvgIpc) is 3.23. The van der Waals surface area contributed by atoms with Gasteiger partial charge in [0, 0.05) is 42.9 Å². The molecule has 3 fully saturated rings. The first-order valence-electron chi connectivity index (χ1n) is 12.8. The van der Waals surface area contributed by atoms with Gasteiger partial charge in [0.05, 0.1) is 5.52 Å². The molecule has 1 saturated heterocycles. The quantitative estimate of drug-likeness (QED) is 0.594. The zero-order valence-electron chi connectivity index (χ0n) is 19.8. The van der Waals surface area contributed by atoms with Crippen LogP contribution in [0, 0.1) is 12.8 Å². The number of benzene rings is 1. The molecule has 1 amide bonds. The highest BCUT2D eigenvalue weighted by Crippen LogP contribution is 2.35. The van der Waals surface area contributed by atoms with Gasteiger partial charge in [0.15, 0.2) is 5.65 Å².